The molecule has 0 spiro atoms. The molecule has 1 heterocycles. The lowest BCUT2D eigenvalue weighted by Crippen LogP contribution is -2.28. The van der Waals surface area contributed by atoms with Crippen molar-refractivity contribution in [2.75, 3.05) is 20.2 Å². The van der Waals surface area contributed by atoms with E-state index in [0.717, 1.165) is 18.5 Å². The molecule has 0 saturated carbocycles. The summed E-state index contributed by atoms with van der Waals surface area (Å²) < 4.78 is 4.88. The van der Waals surface area contributed by atoms with Gasteiger partial charge in [-0.25, -0.2) is 4.79 Å². The van der Waals surface area contributed by atoms with Gasteiger partial charge in [0.25, 0.3) is 0 Å². The molecule has 16 heavy (non-hydrogen) atoms. The molecular formula is C12H18N2O2. The fourth-order valence-corrected chi connectivity index (χ4v) is 1.37. The van der Waals surface area contributed by atoms with Crippen molar-refractivity contribution in [3.8, 4) is 0 Å². The molecule has 0 radical (unpaired) electrons. The Hall–Kier alpha value is -1.58. The quantitative estimate of drug-likeness (QED) is 0.766. The maximum Gasteiger partial charge on any atom is 0.409 e. The summed E-state index contributed by atoms with van der Waals surface area (Å²) in [4.78, 5) is 17.1. The molecule has 0 aromatic carbocycles. The van der Waals surface area contributed by atoms with Crippen molar-refractivity contribution in [1.82, 2.24) is 9.88 Å². The molecule has 0 unspecified atom stereocenters. The van der Waals surface area contributed by atoms with Crippen LogP contribution in [0.1, 0.15) is 19.0 Å². The number of carbonyl (C=O) groups excluding carboxylic acids is 1. The second-order valence-electron chi connectivity index (χ2n) is 3.55. The van der Waals surface area contributed by atoms with Crippen molar-refractivity contribution in [2.24, 2.45) is 0 Å². The Balaban J connectivity index is 2.23. The largest absolute Gasteiger partial charge is 0.450 e. The Morgan fingerprint density at radius 2 is 2.31 bits per heavy atom. The zero-order chi connectivity index (χ0) is 11.8. The van der Waals surface area contributed by atoms with Gasteiger partial charge < -0.3 is 9.64 Å². The minimum Gasteiger partial charge on any atom is -0.450 e. The van der Waals surface area contributed by atoms with Crippen molar-refractivity contribution < 1.29 is 9.53 Å². The van der Waals surface area contributed by atoms with Gasteiger partial charge >= 0.3 is 6.09 Å². The van der Waals surface area contributed by atoms with E-state index in [1.807, 2.05) is 18.2 Å². The van der Waals surface area contributed by atoms with Gasteiger partial charge in [-0.1, -0.05) is 6.07 Å². The second-order valence-corrected chi connectivity index (χ2v) is 3.55. The molecule has 4 heteroatoms. The summed E-state index contributed by atoms with van der Waals surface area (Å²) in [6.07, 6.45) is 3.30. The van der Waals surface area contributed by atoms with Crippen LogP contribution in [0.25, 0.3) is 0 Å². The van der Waals surface area contributed by atoms with Crippen LogP contribution in [0.4, 0.5) is 4.79 Å². The Morgan fingerprint density at radius 1 is 1.50 bits per heavy atom. The maximum absolute atomic E-state index is 11.3. The fraction of sp³-hybridized carbons (Fsp3) is 0.500. The summed E-state index contributed by atoms with van der Waals surface area (Å²) in [6.45, 7) is 2.92. The number of hydrogen-bond acceptors (Lipinski definition) is 3. The lowest BCUT2D eigenvalue weighted by Gasteiger charge is -2.15. The lowest BCUT2D eigenvalue weighted by molar-refractivity contribution is 0.116. The third kappa shape index (κ3) is 4.29. The van der Waals surface area contributed by atoms with Gasteiger partial charge in [0.15, 0.2) is 0 Å². The number of carbonyl (C=O) groups is 1. The van der Waals surface area contributed by atoms with Crippen LogP contribution in [0, 0.1) is 0 Å². The summed E-state index contributed by atoms with van der Waals surface area (Å²) in [6, 6.07) is 5.86. The molecule has 0 atom stereocenters. The number of aromatic nitrogens is 1. The molecule has 0 bridgehead atoms. The predicted molar refractivity (Wildman–Crippen MR) is 62.2 cm³/mol. The average molecular weight is 222 g/mol. The van der Waals surface area contributed by atoms with E-state index in [1.54, 1.807) is 25.1 Å². The maximum atomic E-state index is 11.3. The van der Waals surface area contributed by atoms with Gasteiger partial charge in [-0.3, -0.25) is 4.98 Å². The van der Waals surface area contributed by atoms with Gasteiger partial charge in [-0.05, 0) is 31.9 Å². The molecule has 0 aliphatic carbocycles. The molecule has 1 aromatic heterocycles. The standard InChI is InChI=1S/C12H18N2O2/c1-3-16-12(15)14(2)10-6-8-11-7-4-5-9-13-11/h4-5,7,9H,3,6,8,10H2,1-2H3. The first-order valence-corrected chi connectivity index (χ1v) is 5.52. The lowest BCUT2D eigenvalue weighted by atomic mass is 10.2. The van der Waals surface area contributed by atoms with Crippen LogP contribution in [0.5, 0.6) is 0 Å². The number of rotatable bonds is 5. The molecular weight excluding hydrogens is 204 g/mol. The minimum absolute atomic E-state index is 0.261. The minimum atomic E-state index is -0.261. The van der Waals surface area contributed by atoms with Crippen LogP contribution in [0.2, 0.25) is 0 Å². The highest BCUT2D eigenvalue weighted by atomic mass is 16.5. The molecule has 4 nitrogen and oxygen atoms in total. The molecule has 0 N–H and O–H groups in total. The molecule has 1 amide bonds. The highest BCUT2D eigenvalue weighted by Gasteiger charge is 2.07. The summed E-state index contributed by atoms with van der Waals surface area (Å²) in [7, 11) is 1.75. The third-order valence-electron chi connectivity index (χ3n) is 2.23. The first kappa shape index (κ1) is 12.5. The van der Waals surface area contributed by atoms with Crippen molar-refractivity contribution >= 4 is 6.09 Å². The summed E-state index contributed by atoms with van der Waals surface area (Å²) in [5.41, 5.74) is 1.06. The molecule has 1 rings (SSSR count). The zero-order valence-corrected chi connectivity index (χ0v) is 9.85. The Kier molecular flexibility index (Phi) is 5.32. The molecule has 88 valence electrons. The predicted octanol–water partition coefficient (Wildman–Crippen LogP) is 2.10. The van der Waals surface area contributed by atoms with E-state index in [4.69, 9.17) is 4.74 Å². The number of hydrogen-bond donors (Lipinski definition) is 0. The first-order chi connectivity index (χ1) is 7.74. The SMILES string of the molecule is CCOC(=O)N(C)CCCc1ccccn1. The smallest absolute Gasteiger partial charge is 0.409 e. The number of pyridine rings is 1. The number of ether oxygens (including phenoxy) is 1. The molecule has 0 fully saturated rings. The van der Waals surface area contributed by atoms with Crippen molar-refractivity contribution in [3.05, 3.63) is 30.1 Å². The van der Waals surface area contributed by atoms with Gasteiger partial charge in [0.1, 0.15) is 0 Å². The van der Waals surface area contributed by atoms with Crippen LogP contribution in [0.15, 0.2) is 24.4 Å². The summed E-state index contributed by atoms with van der Waals surface area (Å²) in [5.74, 6) is 0. The summed E-state index contributed by atoms with van der Waals surface area (Å²) >= 11 is 0. The van der Waals surface area contributed by atoms with Gasteiger partial charge in [-0.2, -0.15) is 0 Å². The first-order valence-electron chi connectivity index (χ1n) is 5.52. The Labute approximate surface area is 96.2 Å². The van der Waals surface area contributed by atoms with E-state index >= 15 is 0 Å². The number of aryl methyl sites for hydroxylation is 1. The van der Waals surface area contributed by atoms with Gasteiger partial charge in [0.05, 0.1) is 6.61 Å². The monoisotopic (exact) mass is 222 g/mol. The third-order valence-corrected chi connectivity index (χ3v) is 2.23. The second kappa shape index (κ2) is 6.82. The van der Waals surface area contributed by atoms with Crippen LogP contribution in [0.3, 0.4) is 0 Å². The van der Waals surface area contributed by atoms with Gasteiger partial charge in [0, 0.05) is 25.5 Å². The number of amides is 1. The van der Waals surface area contributed by atoms with Crippen molar-refractivity contribution in [1.29, 1.82) is 0 Å². The van der Waals surface area contributed by atoms with E-state index < -0.39 is 0 Å². The Bertz CT molecular complexity index is 314. The topological polar surface area (TPSA) is 42.4 Å². The van der Waals surface area contributed by atoms with Crippen LogP contribution in [-0.2, 0) is 11.2 Å². The normalized spacial score (nSPS) is 9.88. The molecule has 1 aromatic rings. The zero-order valence-electron chi connectivity index (χ0n) is 9.85. The van der Waals surface area contributed by atoms with Crippen molar-refractivity contribution in [3.63, 3.8) is 0 Å². The molecule has 0 aliphatic rings. The van der Waals surface area contributed by atoms with Crippen molar-refractivity contribution in [2.45, 2.75) is 19.8 Å². The van der Waals surface area contributed by atoms with E-state index in [-0.39, 0.29) is 6.09 Å². The van der Waals surface area contributed by atoms with Crippen LogP contribution >= 0.6 is 0 Å². The van der Waals surface area contributed by atoms with Crippen LogP contribution in [-0.4, -0.2) is 36.2 Å². The van der Waals surface area contributed by atoms with E-state index in [2.05, 4.69) is 4.98 Å². The number of nitrogens with zero attached hydrogens (tertiary/aromatic N) is 2. The molecule has 0 saturated heterocycles. The summed E-state index contributed by atoms with van der Waals surface area (Å²) in [5, 5.41) is 0. The Morgan fingerprint density at radius 3 is 2.94 bits per heavy atom. The molecule has 0 aliphatic heterocycles. The fourth-order valence-electron chi connectivity index (χ4n) is 1.37. The van der Waals surface area contributed by atoms with Crippen LogP contribution < -0.4 is 0 Å². The van der Waals surface area contributed by atoms with E-state index in [0.29, 0.717) is 13.2 Å². The highest BCUT2D eigenvalue weighted by molar-refractivity contribution is 5.67. The van der Waals surface area contributed by atoms with E-state index in [1.165, 1.54) is 0 Å². The van der Waals surface area contributed by atoms with Gasteiger partial charge in [-0.15, -0.1) is 0 Å². The van der Waals surface area contributed by atoms with Gasteiger partial charge in [0.2, 0.25) is 0 Å². The van der Waals surface area contributed by atoms with E-state index in [9.17, 15) is 4.79 Å². The average Bonchev–Trinajstić information content (AvgIpc) is 2.30. The highest BCUT2D eigenvalue weighted by Crippen LogP contribution is 2.00.